The molecule has 1 rings (SSSR count). The zero-order chi connectivity index (χ0) is 10.6. The van der Waals surface area contributed by atoms with Crippen molar-refractivity contribution in [3.63, 3.8) is 0 Å². The highest BCUT2D eigenvalue weighted by molar-refractivity contribution is 5.81. The van der Waals surface area contributed by atoms with Crippen molar-refractivity contribution in [2.75, 3.05) is 13.2 Å². The van der Waals surface area contributed by atoms with E-state index in [1.165, 1.54) is 0 Å². The predicted octanol–water partition coefficient (Wildman–Crippen LogP) is 1.41. The highest BCUT2D eigenvalue weighted by Crippen LogP contribution is 2.32. The summed E-state index contributed by atoms with van der Waals surface area (Å²) in [5, 5.41) is 8.93. The molecule has 3 heteroatoms. The van der Waals surface area contributed by atoms with Crippen molar-refractivity contribution in [2.24, 2.45) is 5.92 Å². The molecule has 82 valence electrons. The maximum absolute atomic E-state index is 11.9. The zero-order valence-electron chi connectivity index (χ0n) is 9.20. The fourth-order valence-corrected chi connectivity index (χ4v) is 1.87. The lowest BCUT2D eigenvalue weighted by Crippen LogP contribution is -2.42. The second-order valence-electron chi connectivity index (χ2n) is 4.00. The van der Waals surface area contributed by atoms with Crippen LogP contribution in [0.3, 0.4) is 0 Å². The highest BCUT2D eigenvalue weighted by atomic mass is 16.3. The first-order chi connectivity index (χ1) is 6.74. The van der Waals surface area contributed by atoms with Gasteiger partial charge in [-0.25, -0.2) is 0 Å². The molecule has 14 heavy (non-hydrogen) atoms. The summed E-state index contributed by atoms with van der Waals surface area (Å²) in [6.07, 6.45) is 4.05. The molecule has 0 aromatic carbocycles. The van der Waals surface area contributed by atoms with Gasteiger partial charge < -0.3 is 10.0 Å². The van der Waals surface area contributed by atoms with Crippen molar-refractivity contribution in [3.8, 4) is 0 Å². The van der Waals surface area contributed by atoms with Crippen LogP contribution in [0.5, 0.6) is 0 Å². The lowest BCUT2D eigenvalue weighted by Gasteiger charge is -2.30. The third kappa shape index (κ3) is 2.71. The van der Waals surface area contributed by atoms with Gasteiger partial charge in [0.25, 0.3) is 0 Å². The van der Waals surface area contributed by atoms with Crippen LogP contribution in [-0.2, 0) is 4.79 Å². The smallest absolute Gasteiger partial charge is 0.226 e. The molecule has 1 N–H and O–H groups in total. The van der Waals surface area contributed by atoms with Crippen molar-refractivity contribution in [2.45, 2.75) is 45.6 Å². The molecule has 1 saturated carbocycles. The van der Waals surface area contributed by atoms with Gasteiger partial charge in [0.2, 0.25) is 5.91 Å². The number of carbonyl (C=O) groups is 1. The lowest BCUT2D eigenvalue weighted by atomic mass is 10.1. The summed E-state index contributed by atoms with van der Waals surface area (Å²) < 4.78 is 0. The Balaban J connectivity index is 2.55. The van der Waals surface area contributed by atoms with E-state index in [-0.39, 0.29) is 18.4 Å². The number of hydrogen-bond donors (Lipinski definition) is 1. The maximum atomic E-state index is 11.9. The predicted molar refractivity (Wildman–Crippen MR) is 55.9 cm³/mol. The molecule has 0 spiro atoms. The average molecular weight is 199 g/mol. The van der Waals surface area contributed by atoms with Gasteiger partial charge in [0.1, 0.15) is 0 Å². The Morgan fingerprint density at radius 1 is 1.43 bits per heavy atom. The van der Waals surface area contributed by atoms with Crippen LogP contribution in [-0.4, -0.2) is 35.1 Å². The van der Waals surface area contributed by atoms with Gasteiger partial charge in [0.15, 0.2) is 0 Å². The van der Waals surface area contributed by atoms with E-state index in [2.05, 4.69) is 13.8 Å². The van der Waals surface area contributed by atoms with Gasteiger partial charge in [0.05, 0.1) is 6.61 Å². The van der Waals surface area contributed by atoms with E-state index in [0.29, 0.717) is 12.6 Å². The molecule has 0 aliphatic heterocycles. The molecular weight excluding hydrogens is 178 g/mol. The third-order valence-electron chi connectivity index (χ3n) is 2.93. The van der Waals surface area contributed by atoms with Crippen LogP contribution in [0, 0.1) is 5.92 Å². The molecule has 1 aliphatic carbocycles. The minimum Gasteiger partial charge on any atom is -0.395 e. The number of aliphatic hydroxyl groups excluding tert-OH is 1. The van der Waals surface area contributed by atoms with Crippen LogP contribution in [0.25, 0.3) is 0 Å². The number of hydrogen-bond acceptors (Lipinski definition) is 2. The van der Waals surface area contributed by atoms with Gasteiger partial charge in [-0.1, -0.05) is 13.8 Å². The maximum Gasteiger partial charge on any atom is 0.226 e. The number of amides is 1. The van der Waals surface area contributed by atoms with Gasteiger partial charge >= 0.3 is 0 Å². The van der Waals surface area contributed by atoms with Gasteiger partial charge in [-0.2, -0.15) is 0 Å². The largest absolute Gasteiger partial charge is 0.395 e. The first-order valence-electron chi connectivity index (χ1n) is 5.65. The lowest BCUT2D eigenvalue weighted by molar-refractivity contribution is -0.135. The SMILES string of the molecule is CCC(CC)N(CCO)C(=O)C1CC1. The number of nitrogens with zero attached hydrogens (tertiary/aromatic N) is 1. The van der Waals surface area contributed by atoms with Crippen LogP contribution in [0.15, 0.2) is 0 Å². The topological polar surface area (TPSA) is 40.5 Å². The zero-order valence-corrected chi connectivity index (χ0v) is 9.20. The minimum absolute atomic E-state index is 0.0783. The average Bonchev–Trinajstić information content (AvgIpc) is 3.00. The van der Waals surface area contributed by atoms with Crippen molar-refractivity contribution in [3.05, 3.63) is 0 Å². The molecule has 1 amide bonds. The van der Waals surface area contributed by atoms with E-state index in [0.717, 1.165) is 25.7 Å². The summed E-state index contributed by atoms with van der Waals surface area (Å²) in [7, 11) is 0. The van der Waals surface area contributed by atoms with Gasteiger partial charge in [-0.15, -0.1) is 0 Å². The molecule has 3 nitrogen and oxygen atoms in total. The standard InChI is InChI=1S/C11H21NO2/c1-3-10(4-2)12(7-8-13)11(14)9-5-6-9/h9-10,13H,3-8H2,1-2H3. The van der Waals surface area contributed by atoms with Crippen LogP contribution in [0.1, 0.15) is 39.5 Å². The minimum atomic E-state index is 0.0783. The summed E-state index contributed by atoms with van der Waals surface area (Å²) in [5.74, 6) is 0.523. The summed E-state index contributed by atoms with van der Waals surface area (Å²) in [6.45, 7) is 4.77. The Labute approximate surface area is 86.1 Å². The first-order valence-corrected chi connectivity index (χ1v) is 5.65. The molecule has 0 radical (unpaired) electrons. The summed E-state index contributed by atoms with van der Waals surface area (Å²) >= 11 is 0. The molecule has 0 aromatic rings. The van der Waals surface area contributed by atoms with Crippen LogP contribution in [0.4, 0.5) is 0 Å². The van der Waals surface area contributed by atoms with E-state index < -0.39 is 0 Å². The number of rotatable bonds is 6. The highest BCUT2D eigenvalue weighted by Gasteiger charge is 2.35. The Hall–Kier alpha value is -0.570. The van der Waals surface area contributed by atoms with E-state index in [1.807, 2.05) is 4.90 Å². The Kier molecular flexibility index (Phi) is 4.39. The molecule has 0 aromatic heterocycles. The summed E-state index contributed by atoms with van der Waals surface area (Å²) in [5.41, 5.74) is 0. The fourth-order valence-electron chi connectivity index (χ4n) is 1.87. The quantitative estimate of drug-likeness (QED) is 0.702. The molecule has 0 bridgehead atoms. The molecule has 1 aliphatic rings. The van der Waals surface area contributed by atoms with E-state index in [9.17, 15) is 4.79 Å². The number of carbonyl (C=O) groups excluding carboxylic acids is 1. The first kappa shape index (κ1) is 11.5. The Morgan fingerprint density at radius 2 is 2.00 bits per heavy atom. The molecule has 1 fully saturated rings. The van der Waals surface area contributed by atoms with Gasteiger partial charge in [0, 0.05) is 18.5 Å². The van der Waals surface area contributed by atoms with E-state index in [1.54, 1.807) is 0 Å². The Bertz CT molecular complexity index is 186. The van der Waals surface area contributed by atoms with E-state index in [4.69, 9.17) is 5.11 Å². The normalized spacial score (nSPS) is 16.0. The van der Waals surface area contributed by atoms with Gasteiger partial charge in [-0.05, 0) is 25.7 Å². The second kappa shape index (κ2) is 5.35. The molecule has 0 heterocycles. The van der Waals surface area contributed by atoms with E-state index >= 15 is 0 Å². The summed E-state index contributed by atoms with van der Waals surface area (Å²) in [6, 6.07) is 0.315. The number of aliphatic hydroxyl groups is 1. The van der Waals surface area contributed by atoms with Crippen molar-refractivity contribution in [1.29, 1.82) is 0 Å². The van der Waals surface area contributed by atoms with Crippen LogP contribution in [0.2, 0.25) is 0 Å². The van der Waals surface area contributed by atoms with Crippen LogP contribution >= 0.6 is 0 Å². The van der Waals surface area contributed by atoms with Crippen molar-refractivity contribution < 1.29 is 9.90 Å². The van der Waals surface area contributed by atoms with Gasteiger partial charge in [-0.3, -0.25) is 4.79 Å². The van der Waals surface area contributed by atoms with Crippen molar-refractivity contribution in [1.82, 2.24) is 4.90 Å². The molecule has 0 unspecified atom stereocenters. The van der Waals surface area contributed by atoms with Crippen LogP contribution < -0.4 is 0 Å². The molecule has 0 saturated heterocycles. The monoisotopic (exact) mass is 199 g/mol. The molecular formula is C11H21NO2. The Morgan fingerprint density at radius 3 is 2.36 bits per heavy atom. The second-order valence-corrected chi connectivity index (χ2v) is 4.00. The fraction of sp³-hybridized carbons (Fsp3) is 0.909. The molecule has 0 atom stereocenters. The third-order valence-corrected chi connectivity index (χ3v) is 2.93. The van der Waals surface area contributed by atoms with Crippen molar-refractivity contribution >= 4 is 5.91 Å². The summed E-state index contributed by atoms with van der Waals surface area (Å²) in [4.78, 5) is 13.7.